The van der Waals surface area contributed by atoms with Crippen molar-refractivity contribution in [3.63, 3.8) is 0 Å². The molecule has 0 radical (unpaired) electrons. The molecule has 0 aliphatic heterocycles. The van der Waals surface area contributed by atoms with Crippen molar-refractivity contribution in [2.75, 3.05) is 11.5 Å². The molecule has 0 fully saturated rings. The highest BCUT2D eigenvalue weighted by atomic mass is 35.5. The number of nitrogens with two attached hydrogens (primary N) is 2. The number of hydrogen-bond acceptors (Lipinski definition) is 5. The Balaban J connectivity index is 2.61. The maximum absolute atomic E-state index is 12.6. The minimum Gasteiger partial charge on any atom is -0.382 e. The molecule has 1 aromatic heterocycles. The van der Waals surface area contributed by atoms with Crippen LogP contribution in [0, 0.1) is 0 Å². The first-order valence-corrected chi connectivity index (χ1v) is 5.29. The summed E-state index contributed by atoms with van der Waals surface area (Å²) in [7, 11) is 0. The molecule has 0 saturated heterocycles. The van der Waals surface area contributed by atoms with Gasteiger partial charge in [-0.1, -0.05) is 11.6 Å². The van der Waals surface area contributed by atoms with Crippen molar-refractivity contribution in [1.82, 2.24) is 15.2 Å². The Morgan fingerprint density at radius 2 is 1.79 bits per heavy atom. The second-order valence-electron chi connectivity index (χ2n) is 3.60. The zero-order chi connectivity index (χ0) is 14.2. The molecule has 1 aromatic carbocycles. The number of hydrogen-bond donors (Lipinski definition) is 2. The first kappa shape index (κ1) is 13.3. The largest absolute Gasteiger partial charge is 0.416 e. The zero-order valence-electron chi connectivity index (χ0n) is 9.24. The third-order valence-corrected chi connectivity index (χ3v) is 2.61. The first-order chi connectivity index (χ1) is 8.79. The van der Waals surface area contributed by atoms with Crippen LogP contribution in [-0.4, -0.2) is 15.2 Å². The molecule has 9 heteroatoms. The van der Waals surface area contributed by atoms with Crippen LogP contribution in [0.3, 0.4) is 0 Å². The molecule has 0 bridgehead atoms. The third kappa shape index (κ3) is 2.68. The van der Waals surface area contributed by atoms with E-state index in [2.05, 4.69) is 15.2 Å². The van der Waals surface area contributed by atoms with E-state index in [4.69, 9.17) is 23.1 Å². The summed E-state index contributed by atoms with van der Waals surface area (Å²) in [5.74, 6) is -0.321. The number of alkyl halides is 3. The van der Waals surface area contributed by atoms with E-state index >= 15 is 0 Å². The molecule has 0 amide bonds. The Hall–Kier alpha value is -2.09. The minimum absolute atomic E-state index is 0.00556. The van der Waals surface area contributed by atoms with Crippen molar-refractivity contribution in [3.8, 4) is 11.3 Å². The second-order valence-corrected chi connectivity index (χ2v) is 4.00. The van der Waals surface area contributed by atoms with Crippen LogP contribution < -0.4 is 11.5 Å². The SMILES string of the molecule is Nc1nnc(-c2cc(C(F)(F)F)ccc2Cl)c(N)n1. The zero-order valence-corrected chi connectivity index (χ0v) is 10.00. The molecule has 4 N–H and O–H groups in total. The number of rotatable bonds is 1. The van der Waals surface area contributed by atoms with Crippen molar-refractivity contribution < 1.29 is 13.2 Å². The van der Waals surface area contributed by atoms with Gasteiger partial charge in [0, 0.05) is 5.56 Å². The van der Waals surface area contributed by atoms with E-state index in [1.54, 1.807) is 0 Å². The average Bonchev–Trinajstić information content (AvgIpc) is 2.29. The second kappa shape index (κ2) is 4.54. The lowest BCUT2D eigenvalue weighted by molar-refractivity contribution is -0.137. The molecule has 0 aliphatic rings. The highest BCUT2D eigenvalue weighted by molar-refractivity contribution is 6.33. The van der Waals surface area contributed by atoms with Crippen LogP contribution in [0.25, 0.3) is 11.3 Å². The molecular formula is C10H7ClF3N5. The first-order valence-electron chi connectivity index (χ1n) is 4.92. The summed E-state index contributed by atoms with van der Waals surface area (Å²) >= 11 is 5.84. The molecule has 1 heterocycles. The molecule has 0 unspecified atom stereocenters. The quantitative estimate of drug-likeness (QED) is 0.841. The van der Waals surface area contributed by atoms with Gasteiger partial charge in [-0.3, -0.25) is 0 Å². The predicted molar refractivity (Wildman–Crippen MR) is 64.1 cm³/mol. The van der Waals surface area contributed by atoms with Gasteiger partial charge >= 0.3 is 6.18 Å². The van der Waals surface area contributed by atoms with Gasteiger partial charge in [-0.25, -0.2) is 0 Å². The van der Waals surface area contributed by atoms with Crippen molar-refractivity contribution >= 4 is 23.4 Å². The molecule has 19 heavy (non-hydrogen) atoms. The Labute approximate surface area is 110 Å². The molecule has 0 atom stereocenters. The van der Waals surface area contributed by atoms with Crippen LogP contribution in [0.5, 0.6) is 0 Å². The van der Waals surface area contributed by atoms with Gasteiger partial charge in [0.25, 0.3) is 0 Å². The number of nitrogens with zero attached hydrogens (tertiary/aromatic N) is 3. The third-order valence-electron chi connectivity index (χ3n) is 2.28. The van der Waals surface area contributed by atoms with E-state index in [1.807, 2.05) is 0 Å². The van der Waals surface area contributed by atoms with E-state index in [-0.39, 0.29) is 28.0 Å². The molecule has 0 spiro atoms. The Bertz CT molecular complexity index is 629. The number of benzene rings is 1. The molecule has 2 aromatic rings. The Kier molecular flexibility index (Phi) is 3.19. The van der Waals surface area contributed by atoms with Gasteiger partial charge in [0.15, 0.2) is 5.82 Å². The summed E-state index contributed by atoms with van der Waals surface area (Å²) in [4.78, 5) is 3.62. The summed E-state index contributed by atoms with van der Waals surface area (Å²) in [6.07, 6.45) is -4.50. The standard InChI is InChI=1S/C10H7ClF3N5/c11-6-2-1-4(10(12,13)14)3-5(6)7-8(15)17-9(16)19-18-7/h1-3H,(H4,15,16,17,19). The van der Waals surface area contributed by atoms with Crippen LogP contribution in [0.4, 0.5) is 24.9 Å². The van der Waals surface area contributed by atoms with E-state index in [9.17, 15) is 13.2 Å². The van der Waals surface area contributed by atoms with Crippen molar-refractivity contribution in [2.45, 2.75) is 6.18 Å². The lowest BCUT2D eigenvalue weighted by Gasteiger charge is -2.10. The molecule has 5 nitrogen and oxygen atoms in total. The molecule has 2 rings (SSSR count). The van der Waals surface area contributed by atoms with E-state index in [0.717, 1.165) is 18.2 Å². The van der Waals surface area contributed by atoms with Crippen LogP contribution in [0.15, 0.2) is 18.2 Å². The highest BCUT2D eigenvalue weighted by Crippen LogP contribution is 2.36. The van der Waals surface area contributed by atoms with Crippen LogP contribution >= 0.6 is 11.6 Å². The van der Waals surface area contributed by atoms with Gasteiger partial charge < -0.3 is 11.5 Å². The number of aromatic nitrogens is 3. The Morgan fingerprint density at radius 1 is 1.11 bits per heavy atom. The summed E-state index contributed by atoms with van der Waals surface area (Å²) in [6.45, 7) is 0. The van der Waals surface area contributed by atoms with E-state index in [1.165, 1.54) is 0 Å². The fourth-order valence-corrected chi connectivity index (χ4v) is 1.63. The summed E-state index contributed by atoms with van der Waals surface area (Å²) < 4.78 is 37.9. The summed E-state index contributed by atoms with van der Waals surface area (Å²) in [5.41, 5.74) is 9.89. The highest BCUT2D eigenvalue weighted by Gasteiger charge is 2.31. The van der Waals surface area contributed by atoms with Crippen molar-refractivity contribution in [1.29, 1.82) is 0 Å². The number of halogens is 4. The number of anilines is 2. The van der Waals surface area contributed by atoms with Gasteiger partial charge in [-0.2, -0.15) is 18.2 Å². The topological polar surface area (TPSA) is 90.7 Å². The minimum atomic E-state index is -4.50. The average molecular weight is 290 g/mol. The van der Waals surface area contributed by atoms with Crippen LogP contribution in [-0.2, 0) is 6.18 Å². The van der Waals surface area contributed by atoms with E-state index < -0.39 is 11.7 Å². The van der Waals surface area contributed by atoms with Crippen LogP contribution in [0.1, 0.15) is 5.56 Å². The molecule has 100 valence electrons. The predicted octanol–water partition coefficient (Wildman–Crippen LogP) is 2.38. The fraction of sp³-hybridized carbons (Fsp3) is 0.100. The maximum Gasteiger partial charge on any atom is 0.416 e. The molecular weight excluding hydrogens is 283 g/mol. The van der Waals surface area contributed by atoms with Crippen molar-refractivity contribution in [2.24, 2.45) is 0 Å². The number of nitrogen functional groups attached to an aromatic ring is 2. The summed E-state index contributed by atoms with van der Waals surface area (Å²) in [5, 5.41) is 7.12. The Morgan fingerprint density at radius 3 is 2.37 bits per heavy atom. The van der Waals surface area contributed by atoms with Gasteiger partial charge in [0.05, 0.1) is 10.6 Å². The monoisotopic (exact) mass is 289 g/mol. The van der Waals surface area contributed by atoms with Gasteiger partial charge in [0.1, 0.15) is 5.69 Å². The van der Waals surface area contributed by atoms with E-state index in [0.29, 0.717) is 0 Å². The fourth-order valence-electron chi connectivity index (χ4n) is 1.43. The van der Waals surface area contributed by atoms with Gasteiger partial charge in [0.2, 0.25) is 5.95 Å². The van der Waals surface area contributed by atoms with Crippen molar-refractivity contribution in [3.05, 3.63) is 28.8 Å². The maximum atomic E-state index is 12.6. The molecule has 0 aliphatic carbocycles. The smallest absolute Gasteiger partial charge is 0.382 e. The normalized spacial score (nSPS) is 11.6. The summed E-state index contributed by atoms with van der Waals surface area (Å²) in [6, 6.07) is 2.80. The van der Waals surface area contributed by atoms with Gasteiger partial charge in [-0.05, 0) is 18.2 Å². The molecule has 0 saturated carbocycles. The lowest BCUT2D eigenvalue weighted by Crippen LogP contribution is -2.07. The lowest BCUT2D eigenvalue weighted by atomic mass is 10.1. The van der Waals surface area contributed by atoms with Crippen LogP contribution in [0.2, 0.25) is 5.02 Å². The van der Waals surface area contributed by atoms with Gasteiger partial charge in [-0.15, -0.1) is 10.2 Å².